The number of benzene rings is 2. The lowest BCUT2D eigenvalue weighted by molar-refractivity contribution is -0.117. The number of amides is 2. The van der Waals surface area contributed by atoms with Crippen LogP contribution in [0.25, 0.3) is 6.08 Å². The van der Waals surface area contributed by atoms with Gasteiger partial charge in [-0.1, -0.05) is 25.1 Å². The summed E-state index contributed by atoms with van der Waals surface area (Å²) in [6.07, 6.45) is 2.49. The number of halogens is 1. The molecule has 0 spiro atoms. The molecule has 1 atom stereocenters. The van der Waals surface area contributed by atoms with Crippen molar-refractivity contribution in [2.24, 2.45) is 0 Å². The van der Waals surface area contributed by atoms with Crippen LogP contribution in [0.5, 0.6) is 11.5 Å². The molecule has 1 aliphatic rings. The number of nitrogens with one attached hydrogen (secondary N) is 1. The van der Waals surface area contributed by atoms with Gasteiger partial charge in [-0.3, -0.25) is 15.0 Å². The monoisotopic (exact) mass is 492 g/mol. The van der Waals surface area contributed by atoms with Crippen molar-refractivity contribution >= 4 is 46.2 Å². The molecule has 1 heterocycles. The zero-order chi connectivity index (χ0) is 20.3. The molecule has 1 fully saturated rings. The number of carbonyl (C=O) groups is 2. The minimum atomic E-state index is -0.442. The number of para-hydroxylation sites is 1. The summed E-state index contributed by atoms with van der Waals surface area (Å²) in [6, 6.07) is 12.6. The minimum Gasteiger partial charge on any atom is -0.493 e. The SMILES string of the molecule is CCC(C)Oc1c(I)cc(C=C2C(=O)NN(c3ccccc3)C2=O)cc1OC. The van der Waals surface area contributed by atoms with E-state index in [-0.39, 0.29) is 11.7 Å². The molecular formula is C21H21IN2O4. The maximum absolute atomic E-state index is 12.7. The number of hydrogen-bond donors (Lipinski definition) is 1. The summed E-state index contributed by atoms with van der Waals surface area (Å²) >= 11 is 2.17. The summed E-state index contributed by atoms with van der Waals surface area (Å²) in [5.41, 5.74) is 3.96. The standard InChI is InChI=1S/C21H21IN2O4/c1-4-13(2)28-19-17(22)11-14(12-18(19)27-3)10-16-20(25)23-24(21(16)26)15-8-6-5-7-9-15/h5-13H,4H2,1-3H3,(H,23,25). The van der Waals surface area contributed by atoms with E-state index in [9.17, 15) is 9.59 Å². The Balaban J connectivity index is 1.93. The normalized spacial score (nSPS) is 16.3. The lowest BCUT2D eigenvalue weighted by atomic mass is 10.1. The summed E-state index contributed by atoms with van der Waals surface area (Å²) in [7, 11) is 1.57. The van der Waals surface area contributed by atoms with Crippen molar-refractivity contribution in [3.05, 3.63) is 57.2 Å². The Morgan fingerprint density at radius 3 is 2.57 bits per heavy atom. The molecular weight excluding hydrogens is 471 g/mol. The van der Waals surface area contributed by atoms with Crippen LogP contribution < -0.4 is 19.9 Å². The van der Waals surface area contributed by atoms with Gasteiger partial charge in [0.2, 0.25) is 0 Å². The summed E-state index contributed by atoms with van der Waals surface area (Å²) in [5, 5.41) is 1.25. The largest absolute Gasteiger partial charge is 0.493 e. The van der Waals surface area contributed by atoms with Gasteiger partial charge in [0, 0.05) is 0 Å². The van der Waals surface area contributed by atoms with Gasteiger partial charge < -0.3 is 9.47 Å². The molecule has 6 nitrogen and oxygen atoms in total. The molecule has 1 N–H and O–H groups in total. The van der Waals surface area contributed by atoms with Crippen molar-refractivity contribution in [2.75, 3.05) is 12.1 Å². The van der Waals surface area contributed by atoms with Crippen LogP contribution in [0.1, 0.15) is 25.8 Å². The highest BCUT2D eigenvalue weighted by atomic mass is 127. The average Bonchev–Trinajstić information content (AvgIpc) is 2.98. The van der Waals surface area contributed by atoms with Crippen LogP contribution >= 0.6 is 22.6 Å². The Morgan fingerprint density at radius 2 is 1.93 bits per heavy atom. The third-order valence-electron chi connectivity index (χ3n) is 4.36. The van der Waals surface area contributed by atoms with Crippen LogP contribution in [-0.2, 0) is 9.59 Å². The van der Waals surface area contributed by atoms with E-state index in [1.54, 1.807) is 43.5 Å². The van der Waals surface area contributed by atoms with Crippen LogP contribution in [0.15, 0.2) is 48.0 Å². The summed E-state index contributed by atoms with van der Waals surface area (Å²) < 4.78 is 12.3. The van der Waals surface area contributed by atoms with Gasteiger partial charge in [0.25, 0.3) is 11.8 Å². The second kappa shape index (κ2) is 8.64. The molecule has 2 amide bonds. The van der Waals surface area contributed by atoms with E-state index in [2.05, 4.69) is 28.0 Å². The summed E-state index contributed by atoms with van der Waals surface area (Å²) in [5.74, 6) is 0.380. The smallest absolute Gasteiger partial charge is 0.282 e. The second-order valence-electron chi connectivity index (χ2n) is 6.35. The van der Waals surface area contributed by atoms with Gasteiger partial charge in [0.1, 0.15) is 5.57 Å². The van der Waals surface area contributed by atoms with E-state index < -0.39 is 11.8 Å². The first-order chi connectivity index (χ1) is 13.4. The maximum Gasteiger partial charge on any atom is 0.282 e. The Kier molecular flexibility index (Phi) is 6.23. The number of ether oxygens (including phenoxy) is 2. The Hall–Kier alpha value is -2.55. The predicted molar refractivity (Wildman–Crippen MR) is 116 cm³/mol. The minimum absolute atomic E-state index is 0.0493. The van der Waals surface area contributed by atoms with Crippen molar-refractivity contribution in [3.63, 3.8) is 0 Å². The highest BCUT2D eigenvalue weighted by Crippen LogP contribution is 2.36. The van der Waals surface area contributed by atoms with Gasteiger partial charge in [0.05, 0.1) is 22.5 Å². The zero-order valence-corrected chi connectivity index (χ0v) is 18.0. The molecule has 2 aromatic carbocycles. The Bertz CT molecular complexity index is 928. The van der Waals surface area contributed by atoms with E-state index in [0.29, 0.717) is 22.7 Å². The Morgan fingerprint density at radius 1 is 1.21 bits per heavy atom. The van der Waals surface area contributed by atoms with Gasteiger partial charge >= 0.3 is 0 Å². The predicted octanol–water partition coefficient (Wildman–Crippen LogP) is 3.94. The van der Waals surface area contributed by atoms with Gasteiger partial charge in [-0.05, 0) is 71.8 Å². The molecule has 3 rings (SSSR count). The van der Waals surface area contributed by atoms with Crippen molar-refractivity contribution in [1.29, 1.82) is 0 Å². The summed E-state index contributed by atoms with van der Waals surface area (Å²) in [6.45, 7) is 4.04. The van der Waals surface area contributed by atoms with E-state index in [0.717, 1.165) is 9.99 Å². The number of methoxy groups -OCH3 is 1. The summed E-state index contributed by atoms with van der Waals surface area (Å²) in [4.78, 5) is 25.1. The van der Waals surface area contributed by atoms with Gasteiger partial charge in [-0.15, -0.1) is 0 Å². The van der Waals surface area contributed by atoms with Crippen LogP contribution in [0.3, 0.4) is 0 Å². The number of nitrogens with zero attached hydrogens (tertiary/aromatic N) is 1. The Labute approximate surface area is 177 Å². The molecule has 1 aliphatic heterocycles. The fourth-order valence-corrected chi connectivity index (χ4v) is 3.46. The lowest BCUT2D eigenvalue weighted by Gasteiger charge is -2.17. The van der Waals surface area contributed by atoms with Crippen molar-refractivity contribution in [3.8, 4) is 11.5 Å². The number of carbonyl (C=O) groups excluding carboxylic acids is 2. The van der Waals surface area contributed by atoms with Crippen LogP contribution in [0.4, 0.5) is 5.69 Å². The average molecular weight is 492 g/mol. The van der Waals surface area contributed by atoms with E-state index >= 15 is 0 Å². The first-order valence-electron chi connectivity index (χ1n) is 8.91. The topological polar surface area (TPSA) is 67.9 Å². The lowest BCUT2D eigenvalue weighted by Crippen LogP contribution is -2.35. The number of anilines is 1. The number of rotatable bonds is 6. The molecule has 0 saturated carbocycles. The van der Waals surface area contributed by atoms with E-state index in [4.69, 9.17) is 9.47 Å². The van der Waals surface area contributed by atoms with Crippen LogP contribution in [-0.4, -0.2) is 25.0 Å². The quantitative estimate of drug-likeness (QED) is 0.377. The van der Waals surface area contributed by atoms with Crippen LogP contribution in [0, 0.1) is 3.57 Å². The second-order valence-corrected chi connectivity index (χ2v) is 7.51. The van der Waals surface area contributed by atoms with Crippen molar-refractivity contribution in [2.45, 2.75) is 26.4 Å². The molecule has 7 heteroatoms. The first-order valence-corrected chi connectivity index (χ1v) is 9.98. The third-order valence-corrected chi connectivity index (χ3v) is 5.16. The van der Waals surface area contributed by atoms with Gasteiger partial charge in [-0.2, -0.15) is 0 Å². The molecule has 146 valence electrons. The molecule has 0 aliphatic carbocycles. The third kappa shape index (κ3) is 4.14. The molecule has 0 aromatic heterocycles. The highest BCUT2D eigenvalue weighted by molar-refractivity contribution is 14.1. The molecule has 2 aromatic rings. The van der Waals surface area contributed by atoms with Crippen molar-refractivity contribution < 1.29 is 19.1 Å². The van der Waals surface area contributed by atoms with Crippen LogP contribution in [0.2, 0.25) is 0 Å². The van der Waals surface area contributed by atoms with E-state index in [1.165, 1.54) is 5.01 Å². The molecule has 1 unspecified atom stereocenters. The number of hydrazine groups is 1. The molecule has 0 bridgehead atoms. The molecule has 1 saturated heterocycles. The van der Waals surface area contributed by atoms with E-state index in [1.807, 2.05) is 26.0 Å². The maximum atomic E-state index is 12.7. The van der Waals surface area contributed by atoms with Gasteiger partial charge in [0.15, 0.2) is 11.5 Å². The van der Waals surface area contributed by atoms with Crippen molar-refractivity contribution in [1.82, 2.24) is 5.43 Å². The zero-order valence-electron chi connectivity index (χ0n) is 15.9. The first kappa shape index (κ1) is 20.2. The molecule has 0 radical (unpaired) electrons. The fourth-order valence-electron chi connectivity index (χ4n) is 2.70. The fraction of sp³-hybridized carbons (Fsp3) is 0.238. The number of hydrogen-bond acceptors (Lipinski definition) is 4. The molecule has 28 heavy (non-hydrogen) atoms. The van der Waals surface area contributed by atoms with Gasteiger partial charge in [-0.25, -0.2) is 5.01 Å². The highest BCUT2D eigenvalue weighted by Gasteiger charge is 2.34.